The first-order valence-electron chi connectivity index (χ1n) is 3.00. The van der Waals surface area contributed by atoms with Gasteiger partial charge in [-0.25, -0.2) is 0 Å². The molecule has 0 aliphatic rings. The van der Waals surface area contributed by atoms with Crippen LogP contribution < -0.4 is 34.7 Å². The van der Waals surface area contributed by atoms with Crippen molar-refractivity contribution in [2.75, 3.05) is 13.2 Å². The Morgan fingerprint density at radius 3 is 2.33 bits per heavy atom. The van der Waals surface area contributed by atoms with E-state index in [0.717, 1.165) is 6.42 Å². The zero-order chi connectivity index (χ0) is 6.41. The van der Waals surface area contributed by atoms with Gasteiger partial charge in [-0.3, -0.25) is 0 Å². The van der Waals surface area contributed by atoms with Gasteiger partial charge in [-0.15, -0.1) is 6.61 Å². The van der Waals surface area contributed by atoms with E-state index in [2.05, 4.69) is 0 Å². The van der Waals surface area contributed by atoms with Gasteiger partial charge >= 0.3 is 29.6 Å². The molecule has 9 heavy (non-hydrogen) atoms. The third-order valence-electron chi connectivity index (χ3n) is 1.23. The van der Waals surface area contributed by atoms with Crippen molar-refractivity contribution in [3.8, 4) is 0 Å². The van der Waals surface area contributed by atoms with Crippen LogP contribution in [0.4, 0.5) is 0 Å². The molecule has 0 amide bonds. The van der Waals surface area contributed by atoms with E-state index >= 15 is 0 Å². The molecule has 0 aliphatic heterocycles. The number of aliphatic hydroxyl groups excluding tert-OH is 1. The third kappa shape index (κ3) is 8.92. The normalized spacial score (nSPS) is 12.3. The van der Waals surface area contributed by atoms with Gasteiger partial charge in [0.25, 0.3) is 0 Å². The molecule has 0 aromatic rings. The molecule has 50 valence electrons. The summed E-state index contributed by atoms with van der Waals surface area (Å²) >= 11 is 0. The number of aliphatic hydroxyl groups is 1. The van der Waals surface area contributed by atoms with Crippen molar-refractivity contribution in [3.05, 3.63) is 0 Å². The van der Waals surface area contributed by atoms with Gasteiger partial charge in [0, 0.05) is 6.61 Å². The minimum Gasteiger partial charge on any atom is -0.854 e. The topological polar surface area (TPSA) is 43.3 Å². The SMILES string of the molecule is CC(CC[O-])CCO.[Na+]. The van der Waals surface area contributed by atoms with Crippen LogP contribution in [0.5, 0.6) is 0 Å². The average Bonchev–Trinajstić information content (AvgIpc) is 1.68. The van der Waals surface area contributed by atoms with Crippen LogP contribution in [-0.2, 0) is 0 Å². The molecule has 1 unspecified atom stereocenters. The zero-order valence-corrected chi connectivity index (χ0v) is 8.26. The third-order valence-corrected chi connectivity index (χ3v) is 1.23. The van der Waals surface area contributed by atoms with Gasteiger partial charge in [-0.2, -0.15) is 0 Å². The largest absolute Gasteiger partial charge is 1.00 e. The maximum Gasteiger partial charge on any atom is 1.00 e. The monoisotopic (exact) mass is 140 g/mol. The second-order valence-electron chi connectivity index (χ2n) is 2.11. The number of hydrogen-bond donors (Lipinski definition) is 1. The molecule has 2 nitrogen and oxygen atoms in total. The summed E-state index contributed by atoms with van der Waals surface area (Å²) in [5.41, 5.74) is 0. The molecule has 0 fully saturated rings. The van der Waals surface area contributed by atoms with E-state index in [0.29, 0.717) is 12.3 Å². The molecule has 0 radical (unpaired) electrons. The van der Waals surface area contributed by atoms with Crippen molar-refractivity contribution in [2.45, 2.75) is 19.8 Å². The summed E-state index contributed by atoms with van der Waals surface area (Å²) in [4.78, 5) is 0. The Hall–Kier alpha value is 0.920. The molecule has 3 heteroatoms. The van der Waals surface area contributed by atoms with Crippen molar-refractivity contribution in [3.63, 3.8) is 0 Å². The molecule has 0 spiro atoms. The van der Waals surface area contributed by atoms with E-state index in [1.165, 1.54) is 0 Å². The van der Waals surface area contributed by atoms with Gasteiger partial charge in [-0.05, 0) is 12.3 Å². The Bertz CT molecular complexity index is 44.3. The summed E-state index contributed by atoms with van der Waals surface area (Å²) in [7, 11) is 0. The van der Waals surface area contributed by atoms with E-state index in [1.54, 1.807) is 0 Å². The summed E-state index contributed by atoms with van der Waals surface area (Å²) in [6, 6.07) is 0. The van der Waals surface area contributed by atoms with Crippen molar-refractivity contribution in [2.24, 2.45) is 5.92 Å². The van der Waals surface area contributed by atoms with E-state index in [1.807, 2.05) is 6.92 Å². The van der Waals surface area contributed by atoms with Crippen LogP contribution in [0, 0.1) is 5.92 Å². The van der Waals surface area contributed by atoms with Crippen molar-refractivity contribution in [1.82, 2.24) is 0 Å². The van der Waals surface area contributed by atoms with Crippen LogP contribution in [0.1, 0.15) is 19.8 Å². The van der Waals surface area contributed by atoms with Crippen LogP contribution in [0.3, 0.4) is 0 Å². The molecule has 1 N–H and O–H groups in total. The van der Waals surface area contributed by atoms with E-state index in [4.69, 9.17) is 5.11 Å². The van der Waals surface area contributed by atoms with Gasteiger partial charge in [0.1, 0.15) is 0 Å². The molecule has 0 aliphatic carbocycles. The number of rotatable bonds is 4. The molecule has 1 atom stereocenters. The van der Waals surface area contributed by atoms with Crippen LogP contribution in [0.2, 0.25) is 0 Å². The molecular formula is C6H13NaO2. The fourth-order valence-corrected chi connectivity index (χ4v) is 0.566. The first-order chi connectivity index (χ1) is 3.81. The standard InChI is InChI=1S/C6H13O2.Na/c1-6(2-4-7)3-5-8;/h6-7H,2-5H2,1H3;/q-1;+1. The first kappa shape index (κ1) is 12.6. The fraction of sp³-hybridized carbons (Fsp3) is 1.00. The van der Waals surface area contributed by atoms with E-state index in [-0.39, 0.29) is 42.8 Å². The van der Waals surface area contributed by atoms with E-state index in [9.17, 15) is 5.11 Å². The van der Waals surface area contributed by atoms with Crippen LogP contribution in [0.15, 0.2) is 0 Å². The molecular weight excluding hydrogens is 127 g/mol. The van der Waals surface area contributed by atoms with Gasteiger partial charge in [0.05, 0.1) is 0 Å². The van der Waals surface area contributed by atoms with Gasteiger partial charge < -0.3 is 10.2 Å². The zero-order valence-electron chi connectivity index (χ0n) is 6.26. The molecule has 0 bridgehead atoms. The Kier molecular flexibility index (Phi) is 12.5. The van der Waals surface area contributed by atoms with Crippen molar-refractivity contribution >= 4 is 0 Å². The predicted molar refractivity (Wildman–Crippen MR) is 30.4 cm³/mol. The summed E-state index contributed by atoms with van der Waals surface area (Å²) in [5, 5.41) is 18.3. The Balaban J connectivity index is 0. The maximum absolute atomic E-state index is 9.93. The molecule has 0 heterocycles. The molecule has 0 aromatic carbocycles. The summed E-state index contributed by atoms with van der Waals surface area (Å²) in [6.45, 7) is 2.18. The van der Waals surface area contributed by atoms with Gasteiger partial charge in [-0.1, -0.05) is 13.3 Å². The first-order valence-corrected chi connectivity index (χ1v) is 3.00. The second-order valence-corrected chi connectivity index (χ2v) is 2.11. The van der Waals surface area contributed by atoms with Crippen LogP contribution in [0.25, 0.3) is 0 Å². The summed E-state index contributed by atoms with van der Waals surface area (Å²) in [6.07, 6.45) is 1.46. The van der Waals surface area contributed by atoms with Crippen LogP contribution >= 0.6 is 0 Å². The minimum atomic E-state index is -0.0127. The average molecular weight is 140 g/mol. The van der Waals surface area contributed by atoms with Gasteiger partial charge in [0.2, 0.25) is 0 Å². The van der Waals surface area contributed by atoms with Gasteiger partial charge in [0.15, 0.2) is 0 Å². The van der Waals surface area contributed by atoms with Crippen molar-refractivity contribution in [1.29, 1.82) is 0 Å². The Labute approximate surface area is 78.6 Å². The fourth-order valence-electron chi connectivity index (χ4n) is 0.566. The molecule has 0 rings (SSSR count). The minimum absolute atomic E-state index is 0. The van der Waals surface area contributed by atoms with Crippen molar-refractivity contribution < 1.29 is 39.8 Å². The molecule has 0 aromatic heterocycles. The molecule has 0 saturated carbocycles. The van der Waals surface area contributed by atoms with Crippen LogP contribution in [-0.4, -0.2) is 18.3 Å². The Morgan fingerprint density at radius 1 is 1.44 bits per heavy atom. The second kappa shape index (κ2) is 8.92. The predicted octanol–water partition coefficient (Wildman–Crippen LogP) is -3.24. The Morgan fingerprint density at radius 2 is 2.00 bits per heavy atom. The summed E-state index contributed by atoms with van der Waals surface area (Å²) in [5.74, 6) is 0.400. The summed E-state index contributed by atoms with van der Waals surface area (Å²) < 4.78 is 0. The molecule has 0 saturated heterocycles. The maximum atomic E-state index is 9.93. The quantitative estimate of drug-likeness (QED) is 0.417. The smallest absolute Gasteiger partial charge is 0.854 e. The number of hydrogen-bond acceptors (Lipinski definition) is 2. The van der Waals surface area contributed by atoms with E-state index < -0.39 is 0 Å².